The molecule has 0 amide bonds. The molecule has 0 spiro atoms. The van der Waals surface area contributed by atoms with Crippen molar-refractivity contribution in [2.75, 3.05) is 7.11 Å². The molecule has 0 radical (unpaired) electrons. The van der Waals surface area contributed by atoms with E-state index >= 15 is 0 Å². The van der Waals surface area contributed by atoms with E-state index in [0.717, 1.165) is 28.8 Å². The van der Waals surface area contributed by atoms with Gasteiger partial charge >= 0.3 is 0 Å². The van der Waals surface area contributed by atoms with E-state index in [2.05, 4.69) is 22.9 Å². The van der Waals surface area contributed by atoms with Crippen LogP contribution in [0.25, 0.3) is 10.9 Å². The van der Waals surface area contributed by atoms with Crippen molar-refractivity contribution >= 4 is 34.1 Å². The molecule has 3 rings (SSSR count). The number of methoxy groups -OCH3 is 1. The van der Waals surface area contributed by atoms with Gasteiger partial charge in [-0.2, -0.15) is 0 Å². The Morgan fingerprint density at radius 1 is 1.05 bits per heavy atom. The molecule has 0 unspecified atom stereocenters. The van der Waals surface area contributed by atoms with Gasteiger partial charge in [0.2, 0.25) is 0 Å². The molecule has 0 fully saturated rings. The number of halogens is 2. The van der Waals surface area contributed by atoms with Crippen molar-refractivity contribution < 1.29 is 4.74 Å². The normalized spacial score (nSPS) is 10.9. The van der Waals surface area contributed by atoms with Crippen LogP contribution in [-0.4, -0.2) is 11.7 Å². The third-order valence-corrected chi connectivity index (χ3v) is 4.07. The molecule has 0 N–H and O–H groups in total. The van der Waals surface area contributed by atoms with Crippen LogP contribution in [0.4, 0.5) is 0 Å². The average Bonchev–Trinajstić information content (AvgIpc) is 2.86. The lowest BCUT2D eigenvalue weighted by atomic mass is 10.2. The summed E-state index contributed by atoms with van der Waals surface area (Å²) in [6.45, 7) is 0.744. The van der Waals surface area contributed by atoms with Crippen molar-refractivity contribution in [3.8, 4) is 5.75 Å². The first-order valence-electron chi connectivity index (χ1n) is 6.25. The van der Waals surface area contributed by atoms with E-state index in [1.807, 2.05) is 30.3 Å². The van der Waals surface area contributed by atoms with Gasteiger partial charge in [0.15, 0.2) is 0 Å². The van der Waals surface area contributed by atoms with E-state index in [9.17, 15) is 0 Å². The Morgan fingerprint density at radius 2 is 1.90 bits per heavy atom. The molecule has 0 saturated heterocycles. The molecule has 3 aromatic rings. The summed E-state index contributed by atoms with van der Waals surface area (Å²) in [6.07, 6.45) is 2.05. The fraction of sp³-hybridized carbons (Fsp3) is 0.125. The second-order valence-corrected chi connectivity index (χ2v) is 5.40. The summed E-state index contributed by atoms with van der Waals surface area (Å²) in [5, 5.41) is 2.27. The van der Waals surface area contributed by atoms with Crippen LogP contribution in [0, 0.1) is 0 Å². The minimum atomic E-state index is 0.578. The molecule has 1 heterocycles. The van der Waals surface area contributed by atoms with Crippen molar-refractivity contribution in [1.29, 1.82) is 0 Å². The van der Waals surface area contributed by atoms with Gasteiger partial charge in [-0.3, -0.25) is 0 Å². The van der Waals surface area contributed by atoms with Gasteiger partial charge in [0.1, 0.15) is 5.75 Å². The summed E-state index contributed by atoms with van der Waals surface area (Å²) in [7, 11) is 1.69. The molecule has 2 aromatic carbocycles. The fourth-order valence-electron chi connectivity index (χ4n) is 2.35. The van der Waals surface area contributed by atoms with Gasteiger partial charge in [0, 0.05) is 18.1 Å². The van der Waals surface area contributed by atoms with Crippen molar-refractivity contribution in [1.82, 2.24) is 4.57 Å². The highest BCUT2D eigenvalue weighted by molar-refractivity contribution is 6.42. The number of hydrogen-bond acceptors (Lipinski definition) is 1. The number of rotatable bonds is 3. The maximum Gasteiger partial charge on any atom is 0.128 e. The molecule has 0 aliphatic carbocycles. The first-order chi connectivity index (χ1) is 9.69. The third kappa shape index (κ3) is 2.37. The van der Waals surface area contributed by atoms with Crippen molar-refractivity contribution in [3.05, 3.63) is 64.3 Å². The van der Waals surface area contributed by atoms with Crippen LogP contribution in [0.2, 0.25) is 10.0 Å². The lowest BCUT2D eigenvalue weighted by molar-refractivity contribution is 0.420. The largest absolute Gasteiger partial charge is 0.496 e. The summed E-state index contributed by atoms with van der Waals surface area (Å²) in [5.41, 5.74) is 2.25. The molecule has 102 valence electrons. The number of hydrogen-bond donors (Lipinski definition) is 0. The summed E-state index contributed by atoms with van der Waals surface area (Å²) >= 11 is 12.0. The Hall–Kier alpha value is -1.64. The van der Waals surface area contributed by atoms with E-state index in [1.54, 1.807) is 7.11 Å². The predicted octanol–water partition coefficient (Wildman–Crippen LogP) is 5.01. The number of fused-ring (bicyclic) bond motifs is 1. The maximum atomic E-state index is 6.06. The number of ether oxygens (including phenoxy) is 1. The highest BCUT2D eigenvalue weighted by atomic mass is 35.5. The van der Waals surface area contributed by atoms with Gasteiger partial charge in [-0.1, -0.05) is 35.3 Å². The summed E-state index contributed by atoms with van der Waals surface area (Å²) in [5.74, 6) is 0.885. The first-order valence-corrected chi connectivity index (χ1v) is 7.00. The zero-order valence-corrected chi connectivity index (χ0v) is 12.4. The first kappa shape index (κ1) is 13.3. The minimum Gasteiger partial charge on any atom is -0.496 e. The van der Waals surface area contributed by atoms with Crippen LogP contribution in [0.15, 0.2) is 48.7 Å². The van der Waals surface area contributed by atoms with E-state index in [-0.39, 0.29) is 0 Å². The smallest absolute Gasteiger partial charge is 0.128 e. The van der Waals surface area contributed by atoms with Crippen molar-refractivity contribution in [2.45, 2.75) is 6.54 Å². The Kier molecular flexibility index (Phi) is 3.60. The summed E-state index contributed by atoms with van der Waals surface area (Å²) < 4.78 is 7.54. The standard InChI is InChI=1S/C16H13Cl2NO/c1-20-16-4-2-3-15-12(16)7-8-19(15)10-11-5-6-13(17)14(18)9-11/h2-9H,10H2,1H3. The van der Waals surface area contributed by atoms with E-state index in [4.69, 9.17) is 27.9 Å². The van der Waals surface area contributed by atoms with E-state index < -0.39 is 0 Å². The number of benzene rings is 2. The second kappa shape index (κ2) is 5.39. The van der Waals surface area contributed by atoms with Crippen LogP contribution in [0.5, 0.6) is 5.75 Å². The van der Waals surface area contributed by atoms with Crippen LogP contribution in [0.3, 0.4) is 0 Å². The van der Waals surface area contributed by atoms with Gasteiger partial charge in [-0.25, -0.2) is 0 Å². The van der Waals surface area contributed by atoms with Gasteiger partial charge in [-0.15, -0.1) is 0 Å². The number of nitrogens with zero attached hydrogens (tertiary/aromatic N) is 1. The van der Waals surface area contributed by atoms with Gasteiger partial charge in [-0.05, 0) is 35.9 Å². The predicted molar refractivity (Wildman–Crippen MR) is 84.1 cm³/mol. The Balaban J connectivity index is 2.00. The molecular formula is C16H13Cl2NO. The zero-order valence-electron chi connectivity index (χ0n) is 10.9. The molecule has 1 aromatic heterocycles. The molecule has 4 heteroatoms. The van der Waals surface area contributed by atoms with Crippen LogP contribution < -0.4 is 4.74 Å². The van der Waals surface area contributed by atoms with E-state index in [0.29, 0.717) is 10.0 Å². The quantitative estimate of drug-likeness (QED) is 0.664. The Morgan fingerprint density at radius 3 is 2.65 bits per heavy atom. The summed E-state index contributed by atoms with van der Waals surface area (Å²) in [6, 6.07) is 13.8. The molecule has 0 aliphatic heterocycles. The van der Waals surface area contributed by atoms with Gasteiger partial charge in [0.25, 0.3) is 0 Å². The minimum absolute atomic E-state index is 0.578. The monoisotopic (exact) mass is 305 g/mol. The van der Waals surface area contributed by atoms with Gasteiger partial charge in [0.05, 0.1) is 22.7 Å². The van der Waals surface area contributed by atoms with Crippen molar-refractivity contribution in [2.24, 2.45) is 0 Å². The lowest BCUT2D eigenvalue weighted by Crippen LogP contribution is -1.97. The highest BCUT2D eigenvalue weighted by Gasteiger charge is 2.07. The zero-order chi connectivity index (χ0) is 14.1. The molecule has 0 atom stereocenters. The van der Waals surface area contributed by atoms with Crippen LogP contribution in [-0.2, 0) is 6.54 Å². The molecule has 0 bridgehead atoms. The highest BCUT2D eigenvalue weighted by Crippen LogP contribution is 2.28. The lowest BCUT2D eigenvalue weighted by Gasteiger charge is -2.08. The van der Waals surface area contributed by atoms with Crippen LogP contribution in [0.1, 0.15) is 5.56 Å². The number of aromatic nitrogens is 1. The SMILES string of the molecule is COc1cccc2c1ccn2Cc1ccc(Cl)c(Cl)c1. The second-order valence-electron chi connectivity index (χ2n) is 4.59. The fourth-order valence-corrected chi connectivity index (χ4v) is 2.67. The topological polar surface area (TPSA) is 14.2 Å². The Labute approximate surface area is 127 Å². The van der Waals surface area contributed by atoms with Crippen LogP contribution >= 0.6 is 23.2 Å². The summed E-state index contributed by atoms with van der Waals surface area (Å²) in [4.78, 5) is 0. The van der Waals surface area contributed by atoms with Gasteiger partial charge < -0.3 is 9.30 Å². The molecule has 2 nitrogen and oxygen atoms in total. The molecular weight excluding hydrogens is 293 g/mol. The molecule has 0 aliphatic rings. The third-order valence-electron chi connectivity index (χ3n) is 3.33. The molecule has 20 heavy (non-hydrogen) atoms. The van der Waals surface area contributed by atoms with E-state index in [1.165, 1.54) is 0 Å². The van der Waals surface area contributed by atoms with Crippen molar-refractivity contribution in [3.63, 3.8) is 0 Å². The maximum absolute atomic E-state index is 6.06. The molecule has 0 saturated carbocycles. The average molecular weight is 306 g/mol. The Bertz CT molecular complexity index is 764.